The molecule has 0 aliphatic heterocycles. The Labute approximate surface area is 105 Å². The minimum Gasteiger partial charge on any atom is -0.397 e. The maximum Gasteiger partial charge on any atom is 0.0790 e. The third kappa shape index (κ3) is 2.91. The second-order valence-corrected chi connectivity index (χ2v) is 4.22. The van der Waals surface area contributed by atoms with E-state index in [0.717, 1.165) is 16.6 Å². The predicted molar refractivity (Wildman–Crippen MR) is 71.5 cm³/mol. The van der Waals surface area contributed by atoms with Gasteiger partial charge in [-0.25, -0.2) is 0 Å². The lowest BCUT2D eigenvalue weighted by Crippen LogP contribution is -2.18. The molecule has 1 heterocycles. The van der Waals surface area contributed by atoms with E-state index in [0.29, 0.717) is 25.3 Å². The topological polar surface area (TPSA) is 96.2 Å². The molecule has 98 valence electrons. The standard InChI is InChI=1S/C12H18N4O2/c1-18-7-9(17)2-3-14-12-5-11-8(4-10(12)13)6-15-16-11/h4-6,9,14,17H,2-3,7,13H2,1H3,(H,15,16). The van der Waals surface area contributed by atoms with E-state index in [9.17, 15) is 5.11 Å². The zero-order chi connectivity index (χ0) is 13.0. The number of aromatic nitrogens is 2. The number of aromatic amines is 1. The van der Waals surface area contributed by atoms with Gasteiger partial charge in [0.15, 0.2) is 0 Å². The molecule has 6 heteroatoms. The Kier molecular flexibility index (Phi) is 4.01. The van der Waals surface area contributed by atoms with Crippen LogP contribution in [-0.2, 0) is 4.74 Å². The van der Waals surface area contributed by atoms with Gasteiger partial charge in [-0.3, -0.25) is 5.10 Å². The van der Waals surface area contributed by atoms with Crippen molar-refractivity contribution in [2.75, 3.05) is 31.3 Å². The fourth-order valence-corrected chi connectivity index (χ4v) is 1.81. The summed E-state index contributed by atoms with van der Waals surface area (Å²) in [5.41, 5.74) is 8.38. The molecule has 1 aromatic heterocycles. The number of nitrogens with zero attached hydrogens (tertiary/aromatic N) is 1. The van der Waals surface area contributed by atoms with E-state index in [1.165, 1.54) is 0 Å². The zero-order valence-corrected chi connectivity index (χ0v) is 10.3. The van der Waals surface area contributed by atoms with Crippen molar-refractivity contribution < 1.29 is 9.84 Å². The molecule has 0 saturated carbocycles. The molecular formula is C12H18N4O2. The van der Waals surface area contributed by atoms with Crippen molar-refractivity contribution in [3.8, 4) is 0 Å². The fourth-order valence-electron chi connectivity index (χ4n) is 1.81. The van der Waals surface area contributed by atoms with Crippen LogP contribution in [0.15, 0.2) is 18.3 Å². The van der Waals surface area contributed by atoms with Crippen LogP contribution in [0.4, 0.5) is 11.4 Å². The third-order valence-electron chi connectivity index (χ3n) is 2.76. The van der Waals surface area contributed by atoms with Crippen molar-refractivity contribution in [2.24, 2.45) is 0 Å². The molecule has 2 aromatic rings. The van der Waals surface area contributed by atoms with Crippen LogP contribution in [0.1, 0.15) is 6.42 Å². The largest absolute Gasteiger partial charge is 0.397 e. The number of methoxy groups -OCH3 is 1. The number of benzene rings is 1. The summed E-state index contributed by atoms with van der Waals surface area (Å²) in [5.74, 6) is 0. The quantitative estimate of drug-likeness (QED) is 0.572. The molecule has 0 fully saturated rings. The maximum absolute atomic E-state index is 9.52. The SMILES string of the molecule is COCC(O)CCNc1cc2[nH]ncc2cc1N. The van der Waals surface area contributed by atoms with Crippen molar-refractivity contribution in [3.05, 3.63) is 18.3 Å². The highest BCUT2D eigenvalue weighted by molar-refractivity contribution is 5.88. The lowest BCUT2D eigenvalue weighted by atomic mass is 10.2. The third-order valence-corrected chi connectivity index (χ3v) is 2.76. The molecule has 0 spiro atoms. The summed E-state index contributed by atoms with van der Waals surface area (Å²) in [5, 5.41) is 20.5. The summed E-state index contributed by atoms with van der Waals surface area (Å²) < 4.78 is 4.86. The van der Waals surface area contributed by atoms with Crippen LogP contribution in [-0.4, -0.2) is 41.7 Å². The summed E-state index contributed by atoms with van der Waals surface area (Å²) in [6.45, 7) is 0.977. The van der Waals surface area contributed by atoms with Crippen molar-refractivity contribution in [2.45, 2.75) is 12.5 Å². The summed E-state index contributed by atoms with van der Waals surface area (Å²) in [7, 11) is 1.57. The lowest BCUT2D eigenvalue weighted by molar-refractivity contribution is 0.0615. The van der Waals surface area contributed by atoms with Gasteiger partial charge in [0, 0.05) is 19.0 Å². The van der Waals surface area contributed by atoms with Gasteiger partial charge in [0.1, 0.15) is 0 Å². The van der Waals surface area contributed by atoms with Gasteiger partial charge in [0.25, 0.3) is 0 Å². The lowest BCUT2D eigenvalue weighted by Gasteiger charge is -2.12. The Bertz CT molecular complexity index is 512. The number of aliphatic hydroxyl groups is 1. The van der Waals surface area contributed by atoms with Crippen LogP contribution < -0.4 is 11.1 Å². The van der Waals surface area contributed by atoms with Crippen molar-refractivity contribution >= 4 is 22.3 Å². The highest BCUT2D eigenvalue weighted by atomic mass is 16.5. The Morgan fingerprint density at radius 3 is 3.17 bits per heavy atom. The fraction of sp³-hybridized carbons (Fsp3) is 0.417. The Balaban J connectivity index is 1.96. The van der Waals surface area contributed by atoms with Gasteiger partial charge in [0.05, 0.1) is 35.8 Å². The molecule has 0 saturated heterocycles. The Morgan fingerprint density at radius 1 is 1.56 bits per heavy atom. The van der Waals surface area contributed by atoms with Gasteiger partial charge in [0.2, 0.25) is 0 Å². The normalized spacial score (nSPS) is 12.8. The highest BCUT2D eigenvalue weighted by Crippen LogP contribution is 2.24. The number of ether oxygens (including phenoxy) is 1. The predicted octanol–water partition coefficient (Wildman–Crippen LogP) is 0.954. The Hall–Kier alpha value is -1.79. The van der Waals surface area contributed by atoms with E-state index >= 15 is 0 Å². The monoisotopic (exact) mass is 250 g/mol. The maximum atomic E-state index is 9.52. The average molecular weight is 250 g/mol. The molecular weight excluding hydrogens is 232 g/mol. The van der Waals surface area contributed by atoms with E-state index in [1.807, 2.05) is 12.1 Å². The molecule has 18 heavy (non-hydrogen) atoms. The van der Waals surface area contributed by atoms with E-state index < -0.39 is 6.10 Å². The van der Waals surface area contributed by atoms with Crippen LogP contribution in [0.3, 0.4) is 0 Å². The van der Waals surface area contributed by atoms with Gasteiger partial charge < -0.3 is 20.9 Å². The van der Waals surface area contributed by atoms with Crippen molar-refractivity contribution in [1.29, 1.82) is 0 Å². The number of aliphatic hydroxyl groups excluding tert-OH is 1. The average Bonchev–Trinajstić information content (AvgIpc) is 2.76. The number of nitrogens with one attached hydrogen (secondary N) is 2. The second kappa shape index (κ2) is 5.70. The highest BCUT2D eigenvalue weighted by Gasteiger charge is 2.06. The summed E-state index contributed by atoms with van der Waals surface area (Å²) in [6, 6.07) is 3.78. The molecule has 0 radical (unpaired) electrons. The molecule has 0 bridgehead atoms. The first-order valence-corrected chi connectivity index (χ1v) is 5.84. The number of nitrogens with two attached hydrogens (primary N) is 1. The molecule has 0 aliphatic rings. The molecule has 1 aromatic carbocycles. The first-order chi connectivity index (χ1) is 8.70. The molecule has 6 nitrogen and oxygen atoms in total. The number of hydrogen-bond acceptors (Lipinski definition) is 5. The molecule has 2 rings (SSSR count). The number of anilines is 2. The van der Waals surface area contributed by atoms with Gasteiger partial charge >= 0.3 is 0 Å². The van der Waals surface area contributed by atoms with Crippen LogP contribution in [0.25, 0.3) is 10.9 Å². The van der Waals surface area contributed by atoms with E-state index in [-0.39, 0.29) is 0 Å². The van der Waals surface area contributed by atoms with Crippen LogP contribution >= 0.6 is 0 Å². The first kappa shape index (κ1) is 12.7. The zero-order valence-electron chi connectivity index (χ0n) is 10.3. The number of hydrogen-bond donors (Lipinski definition) is 4. The molecule has 1 atom stereocenters. The Morgan fingerprint density at radius 2 is 2.39 bits per heavy atom. The van der Waals surface area contributed by atoms with Crippen LogP contribution in [0.2, 0.25) is 0 Å². The van der Waals surface area contributed by atoms with Crippen LogP contribution in [0.5, 0.6) is 0 Å². The van der Waals surface area contributed by atoms with Gasteiger partial charge in [-0.15, -0.1) is 0 Å². The van der Waals surface area contributed by atoms with E-state index in [2.05, 4.69) is 15.5 Å². The molecule has 1 unspecified atom stereocenters. The smallest absolute Gasteiger partial charge is 0.0790 e. The van der Waals surface area contributed by atoms with Gasteiger partial charge in [-0.1, -0.05) is 0 Å². The van der Waals surface area contributed by atoms with Crippen molar-refractivity contribution in [1.82, 2.24) is 10.2 Å². The second-order valence-electron chi connectivity index (χ2n) is 4.22. The summed E-state index contributed by atoms with van der Waals surface area (Å²) in [6.07, 6.45) is 1.88. The van der Waals surface area contributed by atoms with Crippen LogP contribution in [0, 0.1) is 0 Å². The minimum absolute atomic E-state index is 0.344. The van der Waals surface area contributed by atoms with Gasteiger partial charge in [-0.05, 0) is 18.6 Å². The first-order valence-electron chi connectivity index (χ1n) is 5.84. The van der Waals surface area contributed by atoms with Gasteiger partial charge in [-0.2, -0.15) is 5.10 Å². The summed E-state index contributed by atoms with van der Waals surface area (Å²) in [4.78, 5) is 0. The van der Waals surface area contributed by atoms with Crippen molar-refractivity contribution in [3.63, 3.8) is 0 Å². The number of nitrogen functional groups attached to an aromatic ring is 1. The van der Waals surface area contributed by atoms with E-state index in [4.69, 9.17) is 10.5 Å². The number of H-pyrrole nitrogens is 1. The molecule has 5 N–H and O–H groups in total. The van der Waals surface area contributed by atoms with E-state index in [1.54, 1.807) is 13.3 Å². The summed E-state index contributed by atoms with van der Waals surface area (Å²) >= 11 is 0. The molecule has 0 amide bonds. The molecule has 0 aliphatic carbocycles. The number of rotatable bonds is 6. The minimum atomic E-state index is -0.459. The number of fused-ring (bicyclic) bond motifs is 1.